The molecule has 0 saturated carbocycles. The molecule has 1 saturated heterocycles. The van der Waals surface area contributed by atoms with Crippen LogP contribution in [0.5, 0.6) is 0 Å². The molecule has 20 heavy (non-hydrogen) atoms. The minimum atomic E-state index is 0.116. The van der Waals surface area contributed by atoms with E-state index < -0.39 is 0 Å². The van der Waals surface area contributed by atoms with Crippen molar-refractivity contribution in [1.29, 1.82) is 0 Å². The summed E-state index contributed by atoms with van der Waals surface area (Å²) in [6.07, 6.45) is 7.91. The van der Waals surface area contributed by atoms with Crippen molar-refractivity contribution in [1.82, 2.24) is 9.47 Å². The number of piperidine rings is 1. The summed E-state index contributed by atoms with van der Waals surface area (Å²) in [6, 6.07) is 2.03. The predicted molar refractivity (Wildman–Crippen MR) is 81.2 cm³/mol. The molecule has 0 N–H and O–H groups in total. The Bertz CT molecular complexity index is 495. The number of Topliss-reactive ketones (excluding diaryl/α,β-unsaturated/α-hetero) is 1. The average molecular weight is 274 g/mol. The number of ketones is 1. The molecule has 0 amide bonds. The van der Waals surface area contributed by atoms with Gasteiger partial charge in [-0.15, -0.1) is 0 Å². The van der Waals surface area contributed by atoms with E-state index >= 15 is 0 Å². The fourth-order valence-electron chi connectivity index (χ4n) is 3.64. The van der Waals surface area contributed by atoms with Gasteiger partial charge in [0.05, 0.1) is 0 Å². The van der Waals surface area contributed by atoms with Crippen LogP contribution in [0.25, 0.3) is 0 Å². The summed E-state index contributed by atoms with van der Waals surface area (Å²) < 4.78 is 2.32. The molecule has 2 aliphatic rings. The maximum absolute atomic E-state index is 12.2. The summed E-state index contributed by atoms with van der Waals surface area (Å²) in [7, 11) is 0. The van der Waals surface area contributed by atoms with E-state index in [0.29, 0.717) is 12.2 Å². The summed E-state index contributed by atoms with van der Waals surface area (Å²) >= 11 is 0. The second-order valence-corrected chi connectivity index (χ2v) is 7.21. The second-order valence-electron chi connectivity index (χ2n) is 7.21. The molecule has 2 heterocycles. The molecule has 0 spiro atoms. The number of aromatic nitrogens is 1. The molecule has 1 aromatic rings. The van der Waals surface area contributed by atoms with E-state index in [-0.39, 0.29) is 5.41 Å². The zero-order valence-corrected chi connectivity index (χ0v) is 12.8. The van der Waals surface area contributed by atoms with Gasteiger partial charge in [-0.3, -0.25) is 4.79 Å². The lowest BCUT2D eigenvalue weighted by Crippen LogP contribution is -2.33. The SMILES string of the molecule is CC1(C)CC(=O)c2ccn(CCN3CCCCC3)c2C1. The van der Waals surface area contributed by atoms with Crippen LogP contribution in [-0.4, -0.2) is 34.9 Å². The Morgan fingerprint density at radius 3 is 2.60 bits per heavy atom. The van der Waals surface area contributed by atoms with Crippen molar-refractivity contribution in [3.8, 4) is 0 Å². The Morgan fingerprint density at radius 1 is 1.10 bits per heavy atom. The van der Waals surface area contributed by atoms with Gasteiger partial charge in [-0.2, -0.15) is 0 Å². The Balaban J connectivity index is 1.70. The van der Waals surface area contributed by atoms with Gasteiger partial charge in [-0.05, 0) is 43.8 Å². The quantitative estimate of drug-likeness (QED) is 0.846. The summed E-state index contributed by atoms with van der Waals surface area (Å²) in [4.78, 5) is 14.8. The molecule has 1 aliphatic carbocycles. The highest BCUT2D eigenvalue weighted by molar-refractivity contribution is 5.98. The van der Waals surface area contributed by atoms with E-state index in [1.165, 1.54) is 38.0 Å². The van der Waals surface area contributed by atoms with Gasteiger partial charge in [-0.25, -0.2) is 0 Å². The van der Waals surface area contributed by atoms with Gasteiger partial charge in [0.25, 0.3) is 0 Å². The first kappa shape index (κ1) is 13.9. The van der Waals surface area contributed by atoms with Crippen molar-refractivity contribution in [3.05, 3.63) is 23.5 Å². The Morgan fingerprint density at radius 2 is 1.85 bits per heavy atom. The highest BCUT2D eigenvalue weighted by Crippen LogP contribution is 2.35. The van der Waals surface area contributed by atoms with Gasteiger partial charge >= 0.3 is 0 Å². The molecule has 1 aliphatic heterocycles. The minimum absolute atomic E-state index is 0.116. The maximum atomic E-state index is 12.2. The molecule has 3 heteroatoms. The number of carbonyl (C=O) groups is 1. The lowest BCUT2D eigenvalue weighted by Gasteiger charge is -2.31. The zero-order valence-electron chi connectivity index (χ0n) is 12.8. The third-order valence-electron chi connectivity index (χ3n) is 4.77. The average Bonchev–Trinajstić information content (AvgIpc) is 2.79. The summed E-state index contributed by atoms with van der Waals surface area (Å²) in [5.41, 5.74) is 2.36. The summed E-state index contributed by atoms with van der Waals surface area (Å²) in [5.74, 6) is 0.327. The summed E-state index contributed by atoms with van der Waals surface area (Å²) in [5, 5.41) is 0. The van der Waals surface area contributed by atoms with Gasteiger partial charge < -0.3 is 9.47 Å². The number of hydrogen-bond acceptors (Lipinski definition) is 2. The fourth-order valence-corrected chi connectivity index (χ4v) is 3.64. The molecule has 0 unspecified atom stereocenters. The van der Waals surface area contributed by atoms with Crippen molar-refractivity contribution in [2.45, 2.75) is 52.5 Å². The second kappa shape index (κ2) is 5.36. The van der Waals surface area contributed by atoms with E-state index in [9.17, 15) is 4.79 Å². The fraction of sp³-hybridized carbons (Fsp3) is 0.706. The van der Waals surface area contributed by atoms with Crippen molar-refractivity contribution in [2.24, 2.45) is 5.41 Å². The van der Waals surface area contributed by atoms with Crippen LogP contribution in [0.1, 0.15) is 55.6 Å². The summed E-state index contributed by atoms with van der Waals surface area (Å²) in [6.45, 7) is 9.04. The topological polar surface area (TPSA) is 25.2 Å². The number of likely N-dealkylation sites (tertiary alicyclic amines) is 1. The van der Waals surface area contributed by atoms with Crippen LogP contribution in [0.4, 0.5) is 0 Å². The largest absolute Gasteiger partial charge is 0.349 e. The minimum Gasteiger partial charge on any atom is -0.349 e. The number of fused-ring (bicyclic) bond motifs is 1. The maximum Gasteiger partial charge on any atom is 0.165 e. The molecule has 0 aromatic carbocycles. The van der Waals surface area contributed by atoms with Crippen LogP contribution in [-0.2, 0) is 13.0 Å². The lowest BCUT2D eigenvalue weighted by atomic mass is 9.76. The van der Waals surface area contributed by atoms with Crippen molar-refractivity contribution >= 4 is 5.78 Å². The van der Waals surface area contributed by atoms with Crippen molar-refractivity contribution < 1.29 is 4.79 Å². The highest BCUT2D eigenvalue weighted by Gasteiger charge is 2.32. The first-order valence-corrected chi connectivity index (χ1v) is 7.99. The molecular weight excluding hydrogens is 248 g/mol. The standard InChI is InChI=1S/C17H26N2O/c1-17(2)12-15-14(16(20)13-17)6-9-19(15)11-10-18-7-4-3-5-8-18/h6,9H,3-5,7-8,10-13H2,1-2H3. The number of carbonyl (C=O) groups excluding carboxylic acids is 1. The van der Waals surface area contributed by atoms with E-state index in [2.05, 4.69) is 29.5 Å². The van der Waals surface area contributed by atoms with Crippen LogP contribution >= 0.6 is 0 Å². The molecule has 0 radical (unpaired) electrons. The van der Waals surface area contributed by atoms with Crippen LogP contribution in [0.15, 0.2) is 12.3 Å². The van der Waals surface area contributed by atoms with Crippen LogP contribution in [0, 0.1) is 5.41 Å². The van der Waals surface area contributed by atoms with Crippen LogP contribution in [0.3, 0.4) is 0 Å². The highest BCUT2D eigenvalue weighted by atomic mass is 16.1. The first-order valence-electron chi connectivity index (χ1n) is 7.99. The Kier molecular flexibility index (Phi) is 3.72. The number of rotatable bonds is 3. The molecule has 0 bridgehead atoms. The Labute approximate surface area is 122 Å². The van der Waals surface area contributed by atoms with Gasteiger partial charge in [0.1, 0.15) is 0 Å². The van der Waals surface area contributed by atoms with Crippen LogP contribution in [0.2, 0.25) is 0 Å². The Hall–Kier alpha value is -1.09. The molecule has 1 fully saturated rings. The van der Waals surface area contributed by atoms with Gasteiger partial charge in [-0.1, -0.05) is 20.3 Å². The third kappa shape index (κ3) is 2.83. The lowest BCUT2D eigenvalue weighted by molar-refractivity contribution is 0.0909. The zero-order chi connectivity index (χ0) is 14.2. The normalized spacial score (nSPS) is 22.8. The smallest absolute Gasteiger partial charge is 0.165 e. The third-order valence-corrected chi connectivity index (χ3v) is 4.77. The predicted octanol–water partition coefficient (Wildman–Crippen LogP) is 3.13. The molecule has 110 valence electrons. The first-order chi connectivity index (χ1) is 9.55. The molecule has 3 nitrogen and oxygen atoms in total. The van der Waals surface area contributed by atoms with E-state index in [1.54, 1.807) is 0 Å². The number of hydrogen-bond donors (Lipinski definition) is 0. The van der Waals surface area contributed by atoms with Gasteiger partial charge in [0.2, 0.25) is 0 Å². The van der Waals surface area contributed by atoms with Crippen LogP contribution < -0.4 is 0 Å². The molecule has 3 rings (SSSR count). The number of nitrogens with zero attached hydrogens (tertiary/aromatic N) is 2. The van der Waals surface area contributed by atoms with Gasteiger partial charge in [0.15, 0.2) is 5.78 Å². The molecule has 1 aromatic heterocycles. The van der Waals surface area contributed by atoms with Gasteiger partial charge in [0, 0.05) is 37.0 Å². The van der Waals surface area contributed by atoms with E-state index in [0.717, 1.165) is 25.1 Å². The molecule has 0 atom stereocenters. The monoisotopic (exact) mass is 274 g/mol. The molecular formula is C17H26N2O. The van der Waals surface area contributed by atoms with Crippen molar-refractivity contribution in [2.75, 3.05) is 19.6 Å². The van der Waals surface area contributed by atoms with E-state index in [4.69, 9.17) is 0 Å². The van der Waals surface area contributed by atoms with Crippen molar-refractivity contribution in [3.63, 3.8) is 0 Å². The van der Waals surface area contributed by atoms with E-state index in [1.807, 2.05) is 6.07 Å².